The van der Waals surface area contributed by atoms with Crippen LogP contribution in [0.2, 0.25) is 0 Å². The molecule has 0 aliphatic heterocycles. The molecule has 0 bridgehead atoms. The fraction of sp³-hybridized carbons (Fsp3) is 0.0556. The van der Waals surface area contributed by atoms with Crippen molar-refractivity contribution in [3.63, 3.8) is 0 Å². The molecule has 0 saturated carbocycles. The predicted molar refractivity (Wildman–Crippen MR) is 95.4 cm³/mol. The zero-order chi connectivity index (χ0) is 17.3. The Balaban J connectivity index is 2.29. The van der Waals surface area contributed by atoms with Crippen LogP contribution in [0.15, 0.2) is 69.7 Å². The zero-order valence-corrected chi connectivity index (χ0v) is 13.8. The maximum atomic E-state index is 12.8. The molecule has 3 aromatic rings. The van der Waals surface area contributed by atoms with Crippen molar-refractivity contribution in [2.45, 2.75) is 6.92 Å². The molecule has 1 aromatic heterocycles. The second-order valence-electron chi connectivity index (χ2n) is 5.24. The lowest BCUT2D eigenvalue weighted by Gasteiger charge is -2.11. The molecule has 0 fully saturated rings. The van der Waals surface area contributed by atoms with Gasteiger partial charge in [-0.25, -0.2) is 8.42 Å². The lowest BCUT2D eigenvalue weighted by Crippen LogP contribution is -2.13. The first-order chi connectivity index (χ1) is 11.4. The highest BCUT2D eigenvalue weighted by Crippen LogP contribution is 2.28. The number of hydrogen-bond donors (Lipinski definition) is 1. The highest BCUT2D eigenvalue weighted by Gasteiger charge is 2.17. The summed E-state index contributed by atoms with van der Waals surface area (Å²) < 4.78 is 31.7. The van der Waals surface area contributed by atoms with Crippen LogP contribution in [0.1, 0.15) is 5.56 Å². The van der Waals surface area contributed by atoms with E-state index in [1.807, 2.05) is 30.3 Å². The van der Waals surface area contributed by atoms with Crippen molar-refractivity contribution in [1.82, 2.24) is 0 Å². The van der Waals surface area contributed by atoms with E-state index in [1.54, 1.807) is 19.1 Å². The normalized spacial score (nSPS) is 11.4. The van der Waals surface area contributed by atoms with E-state index in [9.17, 15) is 13.2 Å². The number of benzene rings is 2. The summed E-state index contributed by atoms with van der Waals surface area (Å²) in [5.41, 5.74) is 1.40. The summed E-state index contributed by atoms with van der Waals surface area (Å²) in [4.78, 5) is 12.8. The SMILES string of the molecule is C=CS(=O)(=O)Nc1cccc2oc(-c3ccccc3)c(C)c(=O)c12. The average Bonchev–Trinajstić information content (AvgIpc) is 2.58. The molecule has 0 aliphatic carbocycles. The van der Waals surface area contributed by atoms with Crippen molar-refractivity contribution in [3.8, 4) is 11.3 Å². The van der Waals surface area contributed by atoms with Crippen LogP contribution in [0.5, 0.6) is 0 Å². The summed E-state index contributed by atoms with van der Waals surface area (Å²) in [6.45, 7) is 4.91. The molecule has 24 heavy (non-hydrogen) atoms. The molecule has 0 unspecified atom stereocenters. The van der Waals surface area contributed by atoms with Gasteiger partial charge in [0.25, 0.3) is 10.0 Å². The van der Waals surface area contributed by atoms with Gasteiger partial charge in [-0.1, -0.05) is 43.0 Å². The first-order valence-corrected chi connectivity index (χ1v) is 8.74. The van der Waals surface area contributed by atoms with Crippen LogP contribution in [-0.2, 0) is 10.0 Å². The highest BCUT2D eigenvalue weighted by atomic mass is 32.2. The summed E-state index contributed by atoms with van der Waals surface area (Å²) in [7, 11) is -3.72. The second-order valence-corrected chi connectivity index (χ2v) is 6.87. The maximum absolute atomic E-state index is 12.8. The molecule has 0 spiro atoms. The van der Waals surface area contributed by atoms with Crippen LogP contribution in [0.3, 0.4) is 0 Å². The standard InChI is InChI=1S/C18H15NO4S/c1-3-24(21,22)19-14-10-7-11-15-16(14)17(20)12(2)18(23-15)13-8-5-4-6-9-13/h3-11,19H,1H2,2H3. The van der Waals surface area contributed by atoms with Crippen LogP contribution in [-0.4, -0.2) is 8.42 Å². The van der Waals surface area contributed by atoms with Crippen LogP contribution < -0.4 is 10.2 Å². The Labute approximate surface area is 139 Å². The van der Waals surface area contributed by atoms with Gasteiger partial charge in [0.1, 0.15) is 11.3 Å². The summed E-state index contributed by atoms with van der Waals surface area (Å²) in [5.74, 6) is 0.469. The molecule has 0 saturated heterocycles. The van der Waals surface area contributed by atoms with E-state index in [0.717, 1.165) is 11.0 Å². The number of hydrogen-bond acceptors (Lipinski definition) is 4. The van der Waals surface area contributed by atoms with Crippen molar-refractivity contribution in [2.75, 3.05) is 4.72 Å². The summed E-state index contributed by atoms with van der Waals surface area (Å²) >= 11 is 0. The molecule has 0 aliphatic rings. The van der Waals surface area contributed by atoms with Crippen molar-refractivity contribution >= 4 is 26.7 Å². The van der Waals surface area contributed by atoms with E-state index >= 15 is 0 Å². The summed E-state index contributed by atoms with van der Waals surface area (Å²) in [6, 6.07) is 14.1. The Kier molecular flexibility index (Phi) is 3.99. The van der Waals surface area contributed by atoms with Gasteiger partial charge in [-0.2, -0.15) is 0 Å². The van der Waals surface area contributed by atoms with Gasteiger partial charge in [-0.15, -0.1) is 0 Å². The largest absolute Gasteiger partial charge is 0.455 e. The molecule has 122 valence electrons. The number of nitrogens with one attached hydrogen (secondary N) is 1. The molecule has 2 aromatic carbocycles. The van der Waals surface area contributed by atoms with Crippen molar-refractivity contribution in [1.29, 1.82) is 0 Å². The van der Waals surface area contributed by atoms with E-state index < -0.39 is 10.0 Å². The first-order valence-electron chi connectivity index (χ1n) is 7.20. The van der Waals surface area contributed by atoms with E-state index in [-0.39, 0.29) is 16.5 Å². The fourth-order valence-electron chi connectivity index (χ4n) is 2.47. The fourth-order valence-corrected chi connectivity index (χ4v) is 3.03. The first kappa shape index (κ1) is 16.0. The molecular weight excluding hydrogens is 326 g/mol. The van der Waals surface area contributed by atoms with Crippen LogP contribution in [0.4, 0.5) is 5.69 Å². The Morgan fingerprint density at radius 1 is 1.08 bits per heavy atom. The summed E-state index contributed by atoms with van der Waals surface area (Å²) in [6.07, 6.45) is 0. The monoisotopic (exact) mass is 341 g/mol. The Morgan fingerprint density at radius 3 is 2.46 bits per heavy atom. The van der Waals surface area contributed by atoms with Crippen LogP contribution >= 0.6 is 0 Å². The third kappa shape index (κ3) is 2.83. The van der Waals surface area contributed by atoms with E-state index in [4.69, 9.17) is 4.42 Å². The average molecular weight is 341 g/mol. The van der Waals surface area contributed by atoms with Gasteiger partial charge in [-0.3, -0.25) is 9.52 Å². The topological polar surface area (TPSA) is 76.4 Å². The van der Waals surface area contributed by atoms with Crippen LogP contribution in [0, 0.1) is 6.92 Å². The molecule has 0 amide bonds. The molecule has 6 heteroatoms. The summed E-state index contributed by atoms with van der Waals surface area (Å²) in [5, 5.41) is 0.985. The van der Waals surface area contributed by atoms with Crippen LogP contribution in [0.25, 0.3) is 22.3 Å². The number of anilines is 1. The second kappa shape index (κ2) is 5.98. The molecule has 1 heterocycles. The minimum absolute atomic E-state index is 0.170. The van der Waals surface area contributed by atoms with E-state index in [0.29, 0.717) is 16.9 Å². The smallest absolute Gasteiger partial charge is 0.254 e. The lowest BCUT2D eigenvalue weighted by molar-refractivity contribution is 0.609. The Hall–Kier alpha value is -2.86. The van der Waals surface area contributed by atoms with Crippen molar-refractivity contribution in [2.24, 2.45) is 0 Å². The third-order valence-electron chi connectivity index (χ3n) is 3.65. The Morgan fingerprint density at radius 2 is 1.79 bits per heavy atom. The van der Waals surface area contributed by atoms with Crippen molar-refractivity contribution < 1.29 is 12.8 Å². The van der Waals surface area contributed by atoms with E-state index in [1.165, 1.54) is 6.07 Å². The maximum Gasteiger partial charge on any atom is 0.254 e. The van der Waals surface area contributed by atoms with Crippen molar-refractivity contribution in [3.05, 3.63) is 76.3 Å². The zero-order valence-electron chi connectivity index (χ0n) is 12.9. The van der Waals surface area contributed by atoms with Gasteiger partial charge in [0.05, 0.1) is 11.1 Å². The quantitative estimate of drug-likeness (QED) is 0.786. The molecule has 0 atom stereocenters. The predicted octanol–water partition coefficient (Wildman–Crippen LogP) is 3.65. The van der Waals surface area contributed by atoms with Gasteiger partial charge in [0.15, 0.2) is 5.43 Å². The van der Waals surface area contributed by atoms with E-state index in [2.05, 4.69) is 11.3 Å². The third-order valence-corrected chi connectivity index (χ3v) is 4.60. The number of rotatable bonds is 4. The highest BCUT2D eigenvalue weighted by molar-refractivity contribution is 7.95. The Bertz CT molecular complexity index is 1080. The minimum Gasteiger partial charge on any atom is -0.455 e. The molecule has 3 rings (SSSR count). The van der Waals surface area contributed by atoms with Gasteiger partial charge in [0.2, 0.25) is 0 Å². The van der Waals surface area contributed by atoms with Gasteiger partial charge in [-0.05, 0) is 19.1 Å². The molecular formula is C18H15NO4S. The molecule has 1 N–H and O–H groups in total. The molecule has 0 radical (unpaired) electrons. The van der Waals surface area contributed by atoms with Gasteiger partial charge < -0.3 is 4.42 Å². The van der Waals surface area contributed by atoms with Gasteiger partial charge in [0, 0.05) is 16.5 Å². The lowest BCUT2D eigenvalue weighted by atomic mass is 10.1. The van der Waals surface area contributed by atoms with Gasteiger partial charge >= 0.3 is 0 Å². The molecule has 5 nitrogen and oxygen atoms in total. The number of sulfonamides is 1. The number of fused-ring (bicyclic) bond motifs is 1. The minimum atomic E-state index is -3.72.